The molecule has 0 unspecified atom stereocenters. The first kappa shape index (κ1) is 26.9. The number of H-pyrrole nitrogens is 2. The van der Waals surface area contributed by atoms with Crippen LogP contribution in [0, 0.1) is 0 Å². The summed E-state index contributed by atoms with van der Waals surface area (Å²) in [6.07, 6.45) is 1.59. The Hall–Kier alpha value is -4.19. The maximum absolute atomic E-state index is 12.9. The number of pyridine rings is 3. The highest BCUT2D eigenvalue weighted by atomic mass is 35.5. The van der Waals surface area contributed by atoms with Crippen molar-refractivity contribution in [1.82, 2.24) is 24.8 Å². The molecule has 0 spiro atoms. The highest BCUT2D eigenvalue weighted by Gasteiger charge is 2.38. The van der Waals surface area contributed by atoms with E-state index in [1.165, 1.54) is 6.07 Å². The van der Waals surface area contributed by atoms with E-state index in [2.05, 4.69) is 26.0 Å². The topological polar surface area (TPSA) is 132 Å². The quantitative estimate of drug-likeness (QED) is 0.321. The van der Waals surface area contributed by atoms with Crippen LogP contribution in [0.2, 0.25) is 5.15 Å². The van der Waals surface area contributed by atoms with E-state index < -0.39 is 12.1 Å². The lowest BCUT2D eigenvalue weighted by molar-refractivity contribution is -0.192. The number of piperidine rings is 1. The molecule has 13 heteroatoms. The van der Waals surface area contributed by atoms with Crippen molar-refractivity contribution in [2.24, 2.45) is 0 Å². The number of fused-ring (bicyclic) bond motifs is 1. The summed E-state index contributed by atoms with van der Waals surface area (Å²) in [6, 6.07) is 10.8. The standard InChI is InChI=1S/C23H20ClN5O2.C2HF3O2/c24-22-17-11-20(28-19(17)5-8-25-22)14-6-9-29(10-7-14)23(31)16-1-3-18(26-13-16)15-2-4-21(30)27-12-15;3-2(4,5)1(6)7/h1-5,8,11-14,28H,6-7,9-10H2,(H,27,30);(H,6,7). The zero-order chi connectivity index (χ0) is 27.4. The van der Waals surface area contributed by atoms with Gasteiger partial charge in [0.05, 0.1) is 16.8 Å². The SMILES string of the molecule is O=C(O)C(F)(F)F.O=C(c1ccc(-c2ccc(=O)[nH]c2)nc1)N1CCC(c2cc3c(Cl)nccc3[nH]2)CC1. The van der Waals surface area contributed by atoms with Crippen LogP contribution in [-0.4, -0.2) is 61.1 Å². The summed E-state index contributed by atoms with van der Waals surface area (Å²) in [4.78, 5) is 49.5. The number of carbonyl (C=O) groups excluding carboxylic acids is 1. The highest BCUT2D eigenvalue weighted by Crippen LogP contribution is 2.32. The van der Waals surface area contributed by atoms with Crippen LogP contribution in [0.25, 0.3) is 22.2 Å². The molecule has 1 aliphatic heterocycles. The van der Waals surface area contributed by atoms with Gasteiger partial charge in [-0.1, -0.05) is 11.6 Å². The zero-order valence-electron chi connectivity index (χ0n) is 19.6. The van der Waals surface area contributed by atoms with Crippen molar-refractivity contribution in [1.29, 1.82) is 0 Å². The molecule has 5 heterocycles. The number of aromatic nitrogens is 4. The van der Waals surface area contributed by atoms with Crippen LogP contribution in [0.4, 0.5) is 13.2 Å². The third kappa shape index (κ3) is 6.20. The second kappa shape index (κ2) is 11.1. The molecule has 1 aliphatic rings. The number of carbonyl (C=O) groups is 2. The summed E-state index contributed by atoms with van der Waals surface area (Å²) in [5.74, 6) is -2.41. The number of nitrogens with one attached hydrogen (secondary N) is 2. The van der Waals surface area contributed by atoms with Crippen molar-refractivity contribution in [2.75, 3.05) is 13.1 Å². The smallest absolute Gasteiger partial charge is 0.475 e. The fourth-order valence-corrected chi connectivity index (χ4v) is 4.31. The maximum Gasteiger partial charge on any atom is 0.490 e. The molecule has 198 valence electrons. The van der Waals surface area contributed by atoms with E-state index >= 15 is 0 Å². The summed E-state index contributed by atoms with van der Waals surface area (Å²) >= 11 is 6.19. The molecule has 0 aliphatic carbocycles. The number of carboxylic acids is 1. The van der Waals surface area contributed by atoms with Gasteiger partial charge in [-0.15, -0.1) is 0 Å². The van der Waals surface area contributed by atoms with E-state index in [0.29, 0.717) is 35.4 Å². The molecule has 4 aromatic rings. The molecule has 9 nitrogen and oxygen atoms in total. The number of likely N-dealkylation sites (tertiary alicyclic amines) is 1. The van der Waals surface area contributed by atoms with Gasteiger partial charge in [-0.2, -0.15) is 13.2 Å². The molecule has 38 heavy (non-hydrogen) atoms. The Morgan fingerprint density at radius 1 is 1.08 bits per heavy atom. The van der Waals surface area contributed by atoms with E-state index in [0.717, 1.165) is 35.0 Å². The molecule has 5 rings (SSSR count). The Bertz CT molecular complexity index is 1490. The van der Waals surface area contributed by atoms with Gasteiger partial charge in [-0.3, -0.25) is 14.6 Å². The first-order chi connectivity index (χ1) is 18.0. The summed E-state index contributed by atoms with van der Waals surface area (Å²) in [7, 11) is 0. The Morgan fingerprint density at radius 2 is 1.79 bits per heavy atom. The number of aliphatic carboxylic acids is 1. The fraction of sp³-hybridized carbons (Fsp3) is 0.240. The van der Waals surface area contributed by atoms with E-state index in [1.54, 1.807) is 36.8 Å². The minimum atomic E-state index is -5.08. The lowest BCUT2D eigenvalue weighted by atomic mass is 9.93. The first-order valence-corrected chi connectivity index (χ1v) is 11.8. The Kier molecular flexibility index (Phi) is 7.81. The summed E-state index contributed by atoms with van der Waals surface area (Å²) in [5.41, 5.74) is 4.04. The molecule has 0 radical (unpaired) electrons. The van der Waals surface area contributed by atoms with Gasteiger partial charge in [-0.25, -0.2) is 9.78 Å². The van der Waals surface area contributed by atoms with Gasteiger partial charge in [0.2, 0.25) is 5.56 Å². The van der Waals surface area contributed by atoms with Gasteiger partial charge in [-0.05, 0) is 43.2 Å². The number of aromatic amines is 2. The normalized spacial score (nSPS) is 14.2. The Balaban J connectivity index is 0.000000426. The van der Waals surface area contributed by atoms with E-state index in [1.807, 2.05) is 11.0 Å². The number of nitrogens with zero attached hydrogens (tertiary/aromatic N) is 3. The predicted octanol–water partition coefficient (Wildman–Crippen LogP) is 4.62. The highest BCUT2D eigenvalue weighted by molar-refractivity contribution is 6.34. The van der Waals surface area contributed by atoms with E-state index in [4.69, 9.17) is 21.5 Å². The molecule has 0 saturated carbocycles. The van der Waals surface area contributed by atoms with Crippen LogP contribution in [0.1, 0.15) is 34.8 Å². The number of hydrogen-bond donors (Lipinski definition) is 3. The van der Waals surface area contributed by atoms with E-state index in [9.17, 15) is 22.8 Å². The van der Waals surface area contributed by atoms with Crippen LogP contribution in [0.3, 0.4) is 0 Å². The van der Waals surface area contributed by atoms with Crippen LogP contribution in [0.15, 0.2) is 59.8 Å². The van der Waals surface area contributed by atoms with Gasteiger partial charge in [0.1, 0.15) is 5.15 Å². The summed E-state index contributed by atoms with van der Waals surface area (Å²) < 4.78 is 31.7. The molecular formula is C25H21ClF3N5O4. The molecule has 0 aromatic carbocycles. The second-order valence-electron chi connectivity index (χ2n) is 8.53. The molecule has 0 bridgehead atoms. The van der Waals surface area contributed by atoms with Crippen molar-refractivity contribution in [3.8, 4) is 11.3 Å². The number of amides is 1. The fourth-order valence-electron chi connectivity index (χ4n) is 4.10. The van der Waals surface area contributed by atoms with Crippen molar-refractivity contribution < 1.29 is 27.9 Å². The van der Waals surface area contributed by atoms with Gasteiger partial charge in [0, 0.05) is 60.3 Å². The van der Waals surface area contributed by atoms with Crippen LogP contribution >= 0.6 is 11.6 Å². The molecular weight excluding hydrogens is 527 g/mol. The second-order valence-corrected chi connectivity index (χ2v) is 8.89. The van der Waals surface area contributed by atoms with Crippen molar-refractivity contribution >= 4 is 34.4 Å². The monoisotopic (exact) mass is 547 g/mol. The predicted molar refractivity (Wildman–Crippen MR) is 133 cm³/mol. The number of halogens is 4. The molecule has 1 fully saturated rings. The Morgan fingerprint density at radius 3 is 2.34 bits per heavy atom. The average molecular weight is 548 g/mol. The summed E-state index contributed by atoms with van der Waals surface area (Å²) in [6.45, 7) is 1.37. The van der Waals surface area contributed by atoms with E-state index in [-0.39, 0.29) is 11.5 Å². The molecule has 1 amide bonds. The van der Waals surface area contributed by atoms with Crippen LogP contribution < -0.4 is 5.56 Å². The third-order valence-corrected chi connectivity index (χ3v) is 6.38. The van der Waals surface area contributed by atoms with Gasteiger partial charge in [0.25, 0.3) is 5.91 Å². The minimum absolute atomic E-state index is 0.0112. The van der Waals surface area contributed by atoms with Crippen molar-refractivity contribution in [3.05, 3.63) is 81.8 Å². The Labute approximate surface area is 218 Å². The maximum atomic E-state index is 12.9. The molecule has 4 aromatic heterocycles. The largest absolute Gasteiger partial charge is 0.490 e. The molecule has 0 atom stereocenters. The molecule has 3 N–H and O–H groups in total. The average Bonchev–Trinajstić information content (AvgIpc) is 3.35. The van der Waals surface area contributed by atoms with Crippen molar-refractivity contribution in [2.45, 2.75) is 24.9 Å². The number of hydrogen-bond acceptors (Lipinski definition) is 5. The number of rotatable bonds is 3. The number of carboxylic acid groups (broad SMARTS) is 1. The van der Waals surface area contributed by atoms with Crippen LogP contribution in [-0.2, 0) is 4.79 Å². The van der Waals surface area contributed by atoms with Crippen molar-refractivity contribution in [3.63, 3.8) is 0 Å². The number of alkyl halides is 3. The van der Waals surface area contributed by atoms with Gasteiger partial charge >= 0.3 is 12.1 Å². The van der Waals surface area contributed by atoms with Gasteiger partial charge < -0.3 is 20.0 Å². The third-order valence-electron chi connectivity index (χ3n) is 6.08. The zero-order valence-corrected chi connectivity index (χ0v) is 20.4. The van der Waals surface area contributed by atoms with Gasteiger partial charge in [0.15, 0.2) is 0 Å². The minimum Gasteiger partial charge on any atom is -0.475 e. The molecule has 1 saturated heterocycles. The lowest BCUT2D eigenvalue weighted by Gasteiger charge is -2.31. The van der Waals surface area contributed by atoms with Crippen LogP contribution in [0.5, 0.6) is 0 Å². The summed E-state index contributed by atoms with van der Waals surface area (Å²) in [5, 5.41) is 8.57. The first-order valence-electron chi connectivity index (χ1n) is 11.4. The lowest BCUT2D eigenvalue weighted by Crippen LogP contribution is -2.38.